The van der Waals surface area contributed by atoms with Crippen molar-refractivity contribution in [3.8, 4) is 17.0 Å². The Bertz CT molecular complexity index is 1250. The van der Waals surface area contributed by atoms with Gasteiger partial charge in [-0.3, -0.25) is 4.79 Å². The topological polar surface area (TPSA) is 68.5 Å². The van der Waals surface area contributed by atoms with Gasteiger partial charge in [0.15, 0.2) is 0 Å². The fourth-order valence-corrected chi connectivity index (χ4v) is 5.69. The monoisotopic (exact) mass is 505 g/mol. The number of rotatable bonds is 8. The summed E-state index contributed by atoms with van der Waals surface area (Å²) in [6.45, 7) is 3.80. The first kappa shape index (κ1) is 23.6. The molecule has 1 aromatic carbocycles. The van der Waals surface area contributed by atoms with Crippen LogP contribution in [0.3, 0.4) is 0 Å². The molecule has 180 valence electrons. The lowest BCUT2D eigenvalue weighted by Crippen LogP contribution is -2.38. The molecule has 1 aliphatic heterocycles. The smallest absolute Gasteiger partial charge is 0.257 e. The number of ether oxygens (including phenoxy) is 1. The maximum Gasteiger partial charge on any atom is 0.257 e. The average Bonchev–Trinajstić information content (AvgIpc) is 3.63. The van der Waals surface area contributed by atoms with Gasteiger partial charge in [0.05, 0.1) is 29.9 Å². The summed E-state index contributed by atoms with van der Waals surface area (Å²) in [7, 11) is 0. The number of carbonyl (C=O) groups is 1. The average molecular weight is 506 g/mol. The summed E-state index contributed by atoms with van der Waals surface area (Å²) < 4.78 is 11.2. The van der Waals surface area contributed by atoms with Crippen molar-refractivity contribution < 1.29 is 13.9 Å². The summed E-state index contributed by atoms with van der Waals surface area (Å²) in [6.07, 6.45) is 3.36. The van der Waals surface area contributed by atoms with Crippen LogP contribution in [0.4, 0.5) is 0 Å². The molecular formula is C27H27N3O3S2. The lowest BCUT2D eigenvalue weighted by Gasteiger charge is -2.32. The van der Waals surface area contributed by atoms with Gasteiger partial charge in [0.25, 0.3) is 5.91 Å². The summed E-state index contributed by atoms with van der Waals surface area (Å²) >= 11 is 3.32. The molecule has 0 saturated carbocycles. The summed E-state index contributed by atoms with van der Waals surface area (Å²) in [5.74, 6) is 3.38. The van der Waals surface area contributed by atoms with Crippen LogP contribution in [-0.4, -0.2) is 40.5 Å². The summed E-state index contributed by atoms with van der Waals surface area (Å²) in [5, 5.41) is 5.12. The number of hydrogen-bond donors (Lipinski definition) is 0. The van der Waals surface area contributed by atoms with Gasteiger partial charge in [-0.05, 0) is 61.5 Å². The number of para-hydroxylation sites is 1. The Morgan fingerprint density at radius 2 is 2.03 bits per heavy atom. The van der Waals surface area contributed by atoms with Crippen molar-refractivity contribution in [3.05, 3.63) is 82.7 Å². The van der Waals surface area contributed by atoms with Crippen LogP contribution >= 0.6 is 23.1 Å². The number of likely N-dealkylation sites (tertiary alicyclic amines) is 1. The number of aromatic nitrogens is 2. The number of hydrogen-bond acceptors (Lipinski definition) is 7. The molecule has 0 aliphatic carbocycles. The molecular weight excluding hydrogens is 478 g/mol. The van der Waals surface area contributed by atoms with Crippen molar-refractivity contribution in [2.75, 3.05) is 19.7 Å². The second-order valence-electron chi connectivity index (χ2n) is 8.33. The van der Waals surface area contributed by atoms with Crippen LogP contribution in [0.25, 0.3) is 11.3 Å². The van der Waals surface area contributed by atoms with Gasteiger partial charge in [-0.25, -0.2) is 9.97 Å². The molecule has 6 nitrogen and oxygen atoms in total. The molecule has 0 radical (unpaired) electrons. The van der Waals surface area contributed by atoms with Gasteiger partial charge in [-0.1, -0.05) is 23.9 Å². The number of amides is 1. The third-order valence-electron chi connectivity index (χ3n) is 6.04. The van der Waals surface area contributed by atoms with Gasteiger partial charge in [0.2, 0.25) is 0 Å². The van der Waals surface area contributed by atoms with Crippen LogP contribution in [0, 0.1) is 0 Å². The molecule has 1 amide bonds. The van der Waals surface area contributed by atoms with E-state index in [0.717, 1.165) is 46.5 Å². The highest BCUT2D eigenvalue weighted by Crippen LogP contribution is 2.33. The lowest BCUT2D eigenvalue weighted by molar-refractivity contribution is 0.0707. The molecule has 5 rings (SSSR count). The number of thioether (sulfide) groups is 1. The van der Waals surface area contributed by atoms with E-state index in [1.807, 2.05) is 48.2 Å². The fourth-order valence-electron chi connectivity index (χ4n) is 4.23. The van der Waals surface area contributed by atoms with Gasteiger partial charge in [-0.15, -0.1) is 0 Å². The fraction of sp³-hybridized carbons (Fsp3) is 0.296. The first-order valence-corrected chi connectivity index (χ1v) is 13.7. The second-order valence-corrected chi connectivity index (χ2v) is 10.1. The summed E-state index contributed by atoms with van der Waals surface area (Å²) in [5.41, 5.74) is 2.68. The predicted molar refractivity (Wildman–Crippen MR) is 139 cm³/mol. The van der Waals surface area contributed by atoms with Gasteiger partial charge < -0.3 is 14.1 Å². The third-order valence-corrected chi connectivity index (χ3v) is 7.66. The van der Waals surface area contributed by atoms with Gasteiger partial charge in [0.1, 0.15) is 22.4 Å². The van der Waals surface area contributed by atoms with E-state index in [0.29, 0.717) is 31.0 Å². The van der Waals surface area contributed by atoms with Crippen LogP contribution in [0.2, 0.25) is 0 Å². The largest absolute Gasteiger partial charge is 0.493 e. The summed E-state index contributed by atoms with van der Waals surface area (Å²) in [4.78, 5) is 25.0. The minimum Gasteiger partial charge on any atom is -0.493 e. The second kappa shape index (κ2) is 11.1. The van der Waals surface area contributed by atoms with Crippen molar-refractivity contribution in [1.29, 1.82) is 0 Å². The zero-order valence-electron chi connectivity index (χ0n) is 19.6. The number of carbonyl (C=O) groups excluding carboxylic acids is 1. The molecule has 1 aliphatic rings. The highest BCUT2D eigenvalue weighted by molar-refractivity contribution is 7.98. The Morgan fingerprint density at radius 1 is 1.17 bits per heavy atom. The highest BCUT2D eigenvalue weighted by atomic mass is 32.2. The van der Waals surface area contributed by atoms with E-state index in [1.165, 1.54) is 0 Å². The zero-order valence-corrected chi connectivity index (χ0v) is 21.2. The molecule has 35 heavy (non-hydrogen) atoms. The Balaban J connectivity index is 1.31. The third kappa shape index (κ3) is 5.60. The van der Waals surface area contributed by atoms with Crippen LogP contribution in [-0.2, 0) is 5.75 Å². The molecule has 0 spiro atoms. The van der Waals surface area contributed by atoms with Crippen molar-refractivity contribution >= 4 is 29.0 Å². The van der Waals surface area contributed by atoms with E-state index in [1.54, 1.807) is 29.4 Å². The maximum atomic E-state index is 13.2. The Kier molecular flexibility index (Phi) is 7.49. The Morgan fingerprint density at radius 3 is 2.77 bits per heavy atom. The van der Waals surface area contributed by atoms with Gasteiger partial charge in [-0.2, -0.15) is 11.3 Å². The molecule has 1 fully saturated rings. The summed E-state index contributed by atoms with van der Waals surface area (Å²) in [6, 6.07) is 15.5. The standard InChI is InChI=1S/C27H27N3O3S2/c1-2-32-24-8-4-3-7-22(24)27(31)30-12-9-19(10-13-30)26-28-23(20-11-15-34-17-20)16-25(29-26)35-18-21-6-5-14-33-21/h3-8,11,14-17,19H,2,9-10,12-13,18H2,1H3. The van der Waals surface area contributed by atoms with E-state index < -0.39 is 0 Å². The first-order valence-electron chi connectivity index (χ1n) is 11.8. The van der Waals surface area contributed by atoms with Crippen LogP contribution in [0.5, 0.6) is 5.75 Å². The molecule has 0 atom stereocenters. The minimum absolute atomic E-state index is 0.0233. The van der Waals surface area contributed by atoms with Crippen molar-refractivity contribution in [3.63, 3.8) is 0 Å². The first-order chi connectivity index (χ1) is 17.2. The maximum absolute atomic E-state index is 13.2. The number of thiophene rings is 1. The van der Waals surface area contributed by atoms with Crippen LogP contribution < -0.4 is 4.74 Å². The normalized spacial score (nSPS) is 14.3. The molecule has 3 aromatic heterocycles. The molecule has 0 N–H and O–H groups in total. The van der Waals surface area contributed by atoms with Crippen molar-refractivity contribution in [2.24, 2.45) is 0 Å². The quantitative estimate of drug-likeness (QED) is 0.201. The molecule has 8 heteroatoms. The van der Waals surface area contributed by atoms with Crippen molar-refractivity contribution in [2.45, 2.75) is 36.5 Å². The van der Waals surface area contributed by atoms with E-state index in [4.69, 9.17) is 19.1 Å². The van der Waals surface area contributed by atoms with Gasteiger partial charge in [0, 0.05) is 30.0 Å². The number of benzene rings is 1. The molecule has 4 aromatic rings. The molecule has 1 saturated heterocycles. The molecule has 0 unspecified atom stereocenters. The zero-order chi connectivity index (χ0) is 24.0. The SMILES string of the molecule is CCOc1ccccc1C(=O)N1CCC(c2nc(SCc3ccco3)cc(-c3ccsc3)n2)CC1. The van der Waals surface area contributed by atoms with Crippen LogP contribution in [0.15, 0.2) is 75.0 Å². The highest BCUT2D eigenvalue weighted by Gasteiger charge is 2.28. The minimum atomic E-state index is 0.0233. The van der Waals surface area contributed by atoms with E-state index in [2.05, 4.69) is 22.9 Å². The molecule has 4 heterocycles. The molecule has 0 bridgehead atoms. The number of piperidine rings is 1. The number of furan rings is 1. The Hall–Kier alpha value is -3.10. The van der Waals surface area contributed by atoms with E-state index in [9.17, 15) is 4.79 Å². The van der Waals surface area contributed by atoms with E-state index >= 15 is 0 Å². The predicted octanol–water partition coefficient (Wildman–Crippen LogP) is 6.51. The van der Waals surface area contributed by atoms with Gasteiger partial charge >= 0.3 is 0 Å². The lowest BCUT2D eigenvalue weighted by atomic mass is 9.95. The number of nitrogens with zero attached hydrogens (tertiary/aromatic N) is 3. The van der Waals surface area contributed by atoms with Crippen LogP contribution in [0.1, 0.15) is 47.6 Å². The Labute approximate surface area is 213 Å². The van der Waals surface area contributed by atoms with E-state index in [-0.39, 0.29) is 11.8 Å². The van der Waals surface area contributed by atoms with Crippen molar-refractivity contribution in [1.82, 2.24) is 14.9 Å².